The fourth-order valence-electron chi connectivity index (χ4n) is 2.79. The van der Waals surface area contributed by atoms with E-state index in [1.54, 1.807) is 16.7 Å². The second-order valence-corrected chi connectivity index (χ2v) is 5.67. The van der Waals surface area contributed by atoms with Crippen molar-refractivity contribution >= 4 is 22.6 Å². The fraction of sp³-hybridized carbons (Fsp3) is 0.167. The van der Waals surface area contributed by atoms with Crippen molar-refractivity contribution in [1.82, 2.24) is 4.57 Å². The van der Waals surface area contributed by atoms with Gasteiger partial charge in [-0.2, -0.15) is 0 Å². The molecule has 4 rings (SSSR count). The van der Waals surface area contributed by atoms with Crippen LogP contribution in [0.2, 0.25) is 0 Å². The first-order valence-corrected chi connectivity index (χ1v) is 7.40. The van der Waals surface area contributed by atoms with Gasteiger partial charge in [0.1, 0.15) is 5.82 Å². The maximum Gasteiger partial charge on any atom is 0.330 e. The Morgan fingerprint density at radius 2 is 1.82 bits per heavy atom. The molecule has 0 radical (unpaired) electrons. The Morgan fingerprint density at radius 3 is 2.55 bits per heavy atom. The van der Waals surface area contributed by atoms with Crippen LogP contribution in [0, 0.1) is 5.82 Å². The average molecular weight is 294 g/mol. The van der Waals surface area contributed by atoms with Crippen molar-refractivity contribution in [3.05, 3.63) is 66.1 Å². The van der Waals surface area contributed by atoms with Gasteiger partial charge in [0.25, 0.3) is 0 Å². The molecular formula is C18H15FN2O. The van der Waals surface area contributed by atoms with E-state index in [-0.39, 0.29) is 11.8 Å². The highest BCUT2D eigenvalue weighted by Crippen LogP contribution is 2.42. The zero-order chi connectivity index (χ0) is 15.1. The number of anilines is 1. The molecule has 1 aliphatic carbocycles. The number of carbonyl (C=O) groups is 1. The van der Waals surface area contributed by atoms with Crippen LogP contribution in [0.15, 0.2) is 54.6 Å². The van der Waals surface area contributed by atoms with Gasteiger partial charge in [0.05, 0.1) is 5.52 Å². The van der Waals surface area contributed by atoms with Gasteiger partial charge in [0, 0.05) is 16.8 Å². The Morgan fingerprint density at radius 1 is 1.09 bits per heavy atom. The molecule has 1 amide bonds. The number of fused-ring (bicyclic) bond motifs is 1. The number of nitrogens with one attached hydrogen (secondary N) is 1. The third kappa shape index (κ3) is 2.26. The smallest absolute Gasteiger partial charge is 0.307 e. The minimum Gasteiger partial charge on any atom is -0.307 e. The Kier molecular flexibility index (Phi) is 2.96. The number of carbonyl (C=O) groups excluding carboxylic acids is 1. The molecule has 4 heteroatoms. The third-order valence-corrected chi connectivity index (χ3v) is 4.03. The number of amides is 1. The lowest BCUT2D eigenvalue weighted by molar-refractivity contribution is 0.253. The van der Waals surface area contributed by atoms with Gasteiger partial charge in [-0.1, -0.05) is 18.2 Å². The Bertz CT molecular complexity index is 847. The van der Waals surface area contributed by atoms with E-state index in [1.165, 1.54) is 12.1 Å². The molecule has 110 valence electrons. The maximum absolute atomic E-state index is 13.0. The quantitative estimate of drug-likeness (QED) is 0.728. The molecule has 0 bridgehead atoms. The Hall–Kier alpha value is -2.62. The third-order valence-electron chi connectivity index (χ3n) is 4.03. The topological polar surface area (TPSA) is 34.0 Å². The summed E-state index contributed by atoms with van der Waals surface area (Å²) in [6.45, 7) is 0. The van der Waals surface area contributed by atoms with Gasteiger partial charge >= 0.3 is 6.03 Å². The molecule has 0 saturated heterocycles. The predicted molar refractivity (Wildman–Crippen MR) is 84.7 cm³/mol. The number of hydrogen-bond donors (Lipinski definition) is 1. The second kappa shape index (κ2) is 4.98. The van der Waals surface area contributed by atoms with Gasteiger partial charge in [-0.05, 0) is 55.2 Å². The number of para-hydroxylation sites is 1. The Labute approximate surface area is 127 Å². The SMILES string of the molecule is O=C(Nc1ccc(F)cc1)n1c(C2CC2)cc2ccccc21. The molecule has 0 atom stereocenters. The maximum atomic E-state index is 13.0. The number of benzene rings is 2. The molecule has 3 nitrogen and oxygen atoms in total. The molecule has 1 saturated carbocycles. The first kappa shape index (κ1) is 13.1. The van der Waals surface area contributed by atoms with Crippen molar-refractivity contribution in [2.45, 2.75) is 18.8 Å². The number of halogens is 1. The van der Waals surface area contributed by atoms with E-state index in [9.17, 15) is 9.18 Å². The molecule has 2 aromatic carbocycles. The summed E-state index contributed by atoms with van der Waals surface area (Å²) in [7, 11) is 0. The summed E-state index contributed by atoms with van der Waals surface area (Å²) >= 11 is 0. The van der Waals surface area contributed by atoms with Crippen molar-refractivity contribution in [2.75, 3.05) is 5.32 Å². The molecule has 1 N–H and O–H groups in total. The number of hydrogen-bond acceptors (Lipinski definition) is 1. The van der Waals surface area contributed by atoms with E-state index in [0.717, 1.165) is 29.4 Å². The van der Waals surface area contributed by atoms with Crippen molar-refractivity contribution in [3.63, 3.8) is 0 Å². The summed E-state index contributed by atoms with van der Waals surface area (Å²) < 4.78 is 14.7. The summed E-state index contributed by atoms with van der Waals surface area (Å²) in [6, 6.07) is 15.6. The van der Waals surface area contributed by atoms with Gasteiger partial charge in [-0.3, -0.25) is 4.57 Å². The minimum atomic E-state index is -0.317. The van der Waals surface area contributed by atoms with E-state index in [2.05, 4.69) is 11.4 Å². The molecule has 0 unspecified atom stereocenters. The number of rotatable bonds is 2. The number of aromatic nitrogens is 1. The van der Waals surface area contributed by atoms with Crippen LogP contribution in [0.1, 0.15) is 24.5 Å². The van der Waals surface area contributed by atoms with Crippen LogP contribution in [0.4, 0.5) is 14.9 Å². The molecule has 1 aliphatic rings. The van der Waals surface area contributed by atoms with Crippen LogP contribution in [0.25, 0.3) is 10.9 Å². The molecular weight excluding hydrogens is 279 g/mol. The van der Waals surface area contributed by atoms with Crippen LogP contribution in [-0.4, -0.2) is 10.6 Å². The van der Waals surface area contributed by atoms with E-state index >= 15 is 0 Å². The molecule has 0 spiro atoms. The van der Waals surface area contributed by atoms with Gasteiger partial charge in [0.2, 0.25) is 0 Å². The van der Waals surface area contributed by atoms with E-state index in [4.69, 9.17) is 0 Å². The van der Waals surface area contributed by atoms with E-state index < -0.39 is 0 Å². The van der Waals surface area contributed by atoms with Crippen molar-refractivity contribution < 1.29 is 9.18 Å². The lowest BCUT2D eigenvalue weighted by Crippen LogP contribution is -2.21. The first-order valence-electron chi connectivity index (χ1n) is 7.40. The van der Waals surface area contributed by atoms with Crippen LogP contribution in [0.3, 0.4) is 0 Å². The zero-order valence-electron chi connectivity index (χ0n) is 11.9. The van der Waals surface area contributed by atoms with Crippen molar-refractivity contribution in [1.29, 1.82) is 0 Å². The monoisotopic (exact) mass is 294 g/mol. The first-order chi connectivity index (χ1) is 10.7. The standard InChI is InChI=1S/C18H15FN2O/c19-14-7-9-15(10-8-14)20-18(22)21-16-4-2-1-3-13(16)11-17(21)12-5-6-12/h1-4,7-12H,5-6H2,(H,20,22). The Balaban J connectivity index is 1.74. The predicted octanol–water partition coefficient (Wildman–Crippen LogP) is 4.74. The van der Waals surface area contributed by atoms with Gasteiger partial charge < -0.3 is 5.32 Å². The summed E-state index contributed by atoms with van der Waals surface area (Å²) in [4.78, 5) is 12.7. The molecule has 1 fully saturated rings. The highest BCUT2D eigenvalue weighted by atomic mass is 19.1. The van der Waals surface area contributed by atoms with Gasteiger partial charge in [-0.15, -0.1) is 0 Å². The van der Waals surface area contributed by atoms with Crippen molar-refractivity contribution in [3.8, 4) is 0 Å². The van der Waals surface area contributed by atoms with Crippen LogP contribution in [-0.2, 0) is 0 Å². The van der Waals surface area contributed by atoms with Crippen molar-refractivity contribution in [2.24, 2.45) is 0 Å². The van der Waals surface area contributed by atoms with Crippen LogP contribution >= 0.6 is 0 Å². The number of nitrogens with zero attached hydrogens (tertiary/aromatic N) is 1. The summed E-state index contributed by atoms with van der Waals surface area (Å²) in [5, 5.41) is 3.91. The summed E-state index contributed by atoms with van der Waals surface area (Å²) in [5.41, 5.74) is 2.55. The molecule has 3 aromatic rings. The van der Waals surface area contributed by atoms with Crippen LogP contribution < -0.4 is 5.32 Å². The van der Waals surface area contributed by atoms with Crippen LogP contribution in [0.5, 0.6) is 0 Å². The molecule has 0 aliphatic heterocycles. The fourth-order valence-corrected chi connectivity index (χ4v) is 2.79. The highest BCUT2D eigenvalue weighted by molar-refractivity contribution is 5.99. The average Bonchev–Trinajstić information content (AvgIpc) is 3.29. The minimum absolute atomic E-state index is 0.199. The van der Waals surface area contributed by atoms with Gasteiger partial charge in [-0.25, -0.2) is 9.18 Å². The van der Waals surface area contributed by atoms with Gasteiger partial charge in [0.15, 0.2) is 0 Å². The lowest BCUT2D eigenvalue weighted by Gasteiger charge is -2.10. The molecule has 1 aromatic heterocycles. The lowest BCUT2D eigenvalue weighted by atomic mass is 10.2. The normalized spacial score (nSPS) is 14.2. The van der Waals surface area contributed by atoms with E-state index in [0.29, 0.717) is 11.6 Å². The zero-order valence-corrected chi connectivity index (χ0v) is 11.9. The summed E-state index contributed by atoms with van der Waals surface area (Å²) in [5.74, 6) is 0.148. The highest BCUT2D eigenvalue weighted by Gasteiger charge is 2.29. The van der Waals surface area contributed by atoms with E-state index in [1.807, 2.05) is 24.3 Å². The summed E-state index contributed by atoms with van der Waals surface area (Å²) in [6.07, 6.45) is 2.25. The molecule has 22 heavy (non-hydrogen) atoms. The molecule has 1 heterocycles. The second-order valence-electron chi connectivity index (χ2n) is 5.67. The largest absolute Gasteiger partial charge is 0.330 e.